The second-order valence-corrected chi connectivity index (χ2v) is 6.36. The molecule has 1 rings (SSSR count). The molecule has 0 aliphatic heterocycles. The summed E-state index contributed by atoms with van der Waals surface area (Å²) in [5, 5.41) is 10.9. The SMILES string of the molecule is CCNC(=NCCCCC(F)(F)F)NC(C)Cc1c(C)nn(C)c1C. The summed E-state index contributed by atoms with van der Waals surface area (Å²) in [4.78, 5) is 4.37. The molecule has 25 heavy (non-hydrogen) atoms. The molecule has 144 valence electrons. The molecule has 0 saturated heterocycles. The Hall–Kier alpha value is -1.73. The molecule has 0 radical (unpaired) electrons. The maximum absolute atomic E-state index is 12.1. The van der Waals surface area contributed by atoms with Gasteiger partial charge in [-0.1, -0.05) is 0 Å². The second kappa shape index (κ2) is 9.68. The van der Waals surface area contributed by atoms with Crippen molar-refractivity contribution in [3.63, 3.8) is 0 Å². The molecule has 1 heterocycles. The van der Waals surface area contributed by atoms with Gasteiger partial charge in [0.15, 0.2) is 5.96 Å². The fourth-order valence-electron chi connectivity index (χ4n) is 2.65. The summed E-state index contributed by atoms with van der Waals surface area (Å²) in [6.07, 6.45) is -3.49. The summed E-state index contributed by atoms with van der Waals surface area (Å²) in [6, 6.07) is 0.134. The van der Waals surface area contributed by atoms with E-state index < -0.39 is 12.6 Å². The van der Waals surface area contributed by atoms with Gasteiger partial charge in [-0.3, -0.25) is 9.67 Å². The molecule has 0 amide bonds. The molecule has 0 saturated carbocycles. The lowest BCUT2D eigenvalue weighted by molar-refractivity contribution is -0.135. The lowest BCUT2D eigenvalue weighted by Crippen LogP contribution is -2.43. The fraction of sp³-hybridized carbons (Fsp3) is 0.765. The lowest BCUT2D eigenvalue weighted by Gasteiger charge is -2.18. The Balaban J connectivity index is 2.53. The third-order valence-corrected chi connectivity index (χ3v) is 4.03. The number of rotatable bonds is 8. The van der Waals surface area contributed by atoms with Crippen LogP contribution in [0.3, 0.4) is 0 Å². The van der Waals surface area contributed by atoms with E-state index in [4.69, 9.17) is 0 Å². The molecule has 0 bridgehead atoms. The van der Waals surface area contributed by atoms with E-state index in [2.05, 4.69) is 27.6 Å². The fourth-order valence-corrected chi connectivity index (χ4v) is 2.65. The van der Waals surface area contributed by atoms with Gasteiger partial charge in [-0.15, -0.1) is 0 Å². The smallest absolute Gasteiger partial charge is 0.357 e. The number of unbranched alkanes of at least 4 members (excludes halogenated alkanes) is 1. The first-order valence-corrected chi connectivity index (χ1v) is 8.74. The van der Waals surface area contributed by atoms with Gasteiger partial charge >= 0.3 is 6.18 Å². The van der Waals surface area contributed by atoms with Crippen molar-refractivity contribution in [1.29, 1.82) is 0 Å². The van der Waals surface area contributed by atoms with Crippen molar-refractivity contribution in [2.75, 3.05) is 13.1 Å². The highest BCUT2D eigenvalue weighted by Crippen LogP contribution is 2.22. The van der Waals surface area contributed by atoms with Gasteiger partial charge in [0, 0.05) is 38.3 Å². The molecular weight excluding hydrogens is 331 g/mol. The van der Waals surface area contributed by atoms with Crippen LogP contribution in [0.15, 0.2) is 4.99 Å². The van der Waals surface area contributed by atoms with E-state index in [-0.39, 0.29) is 12.5 Å². The van der Waals surface area contributed by atoms with Crippen LogP contribution in [-0.2, 0) is 13.5 Å². The summed E-state index contributed by atoms with van der Waals surface area (Å²) in [7, 11) is 1.93. The Morgan fingerprint density at radius 2 is 1.96 bits per heavy atom. The molecule has 0 aliphatic carbocycles. The Kier molecular flexibility index (Phi) is 8.25. The molecule has 2 N–H and O–H groups in total. The number of halogens is 3. The van der Waals surface area contributed by atoms with Crippen molar-refractivity contribution in [3.8, 4) is 0 Å². The van der Waals surface area contributed by atoms with Gasteiger partial charge < -0.3 is 10.6 Å². The minimum absolute atomic E-state index is 0.107. The number of alkyl halides is 3. The van der Waals surface area contributed by atoms with E-state index in [0.29, 0.717) is 25.5 Å². The van der Waals surface area contributed by atoms with Crippen LogP contribution in [0.25, 0.3) is 0 Å². The van der Waals surface area contributed by atoms with Crippen LogP contribution in [0.5, 0.6) is 0 Å². The average molecular weight is 361 g/mol. The maximum atomic E-state index is 12.1. The lowest BCUT2D eigenvalue weighted by atomic mass is 10.1. The van der Waals surface area contributed by atoms with Crippen molar-refractivity contribution < 1.29 is 13.2 Å². The summed E-state index contributed by atoms with van der Waals surface area (Å²) in [5.74, 6) is 0.640. The third kappa shape index (κ3) is 7.79. The molecule has 0 aliphatic rings. The van der Waals surface area contributed by atoms with Gasteiger partial charge in [0.05, 0.1) is 5.69 Å². The van der Waals surface area contributed by atoms with E-state index >= 15 is 0 Å². The van der Waals surface area contributed by atoms with Gasteiger partial charge in [-0.05, 0) is 52.5 Å². The maximum Gasteiger partial charge on any atom is 0.389 e. The Morgan fingerprint density at radius 1 is 1.28 bits per heavy atom. The largest absolute Gasteiger partial charge is 0.389 e. The number of hydrogen-bond donors (Lipinski definition) is 2. The first-order valence-electron chi connectivity index (χ1n) is 8.74. The van der Waals surface area contributed by atoms with Gasteiger partial charge in [0.2, 0.25) is 0 Å². The minimum atomic E-state index is -4.08. The predicted octanol–water partition coefficient (Wildman–Crippen LogP) is 3.26. The van der Waals surface area contributed by atoms with Crippen molar-refractivity contribution in [3.05, 3.63) is 17.0 Å². The quantitative estimate of drug-likeness (QED) is 0.425. The number of nitrogens with one attached hydrogen (secondary N) is 2. The first kappa shape index (κ1) is 21.3. The monoisotopic (exact) mass is 361 g/mol. The molecule has 1 atom stereocenters. The van der Waals surface area contributed by atoms with E-state index in [0.717, 1.165) is 17.8 Å². The van der Waals surface area contributed by atoms with Gasteiger partial charge in [-0.25, -0.2) is 0 Å². The van der Waals surface area contributed by atoms with E-state index in [1.165, 1.54) is 5.56 Å². The van der Waals surface area contributed by atoms with Crippen LogP contribution >= 0.6 is 0 Å². The predicted molar refractivity (Wildman–Crippen MR) is 94.9 cm³/mol. The van der Waals surface area contributed by atoms with Gasteiger partial charge in [-0.2, -0.15) is 18.3 Å². The number of aryl methyl sites for hydroxylation is 2. The van der Waals surface area contributed by atoms with Crippen molar-refractivity contribution in [2.45, 2.75) is 65.6 Å². The van der Waals surface area contributed by atoms with Gasteiger partial charge in [0.1, 0.15) is 0 Å². The zero-order chi connectivity index (χ0) is 19.0. The number of aromatic nitrogens is 2. The zero-order valence-corrected chi connectivity index (χ0v) is 15.8. The Morgan fingerprint density at radius 3 is 2.48 bits per heavy atom. The van der Waals surface area contributed by atoms with E-state index in [1.54, 1.807) is 0 Å². The van der Waals surface area contributed by atoms with Crippen LogP contribution in [0.4, 0.5) is 13.2 Å². The zero-order valence-electron chi connectivity index (χ0n) is 15.8. The highest BCUT2D eigenvalue weighted by Gasteiger charge is 2.25. The van der Waals surface area contributed by atoms with E-state index in [1.807, 2.05) is 32.5 Å². The third-order valence-electron chi connectivity index (χ3n) is 4.03. The van der Waals surface area contributed by atoms with Crippen LogP contribution in [0.1, 0.15) is 50.1 Å². The topological polar surface area (TPSA) is 54.2 Å². The summed E-state index contributed by atoms with van der Waals surface area (Å²) >= 11 is 0. The van der Waals surface area contributed by atoms with Crippen LogP contribution in [0.2, 0.25) is 0 Å². The Labute approximate surface area is 148 Å². The van der Waals surface area contributed by atoms with Gasteiger partial charge in [0.25, 0.3) is 0 Å². The molecule has 0 spiro atoms. The van der Waals surface area contributed by atoms with Crippen molar-refractivity contribution >= 4 is 5.96 Å². The van der Waals surface area contributed by atoms with Crippen LogP contribution in [-0.4, -0.2) is 41.0 Å². The highest BCUT2D eigenvalue weighted by molar-refractivity contribution is 5.80. The van der Waals surface area contributed by atoms with Crippen LogP contribution in [0, 0.1) is 13.8 Å². The van der Waals surface area contributed by atoms with E-state index in [9.17, 15) is 13.2 Å². The first-order chi connectivity index (χ1) is 11.6. The minimum Gasteiger partial charge on any atom is -0.357 e. The molecule has 5 nitrogen and oxygen atoms in total. The van der Waals surface area contributed by atoms with Crippen LogP contribution < -0.4 is 10.6 Å². The average Bonchev–Trinajstić information content (AvgIpc) is 2.72. The molecular formula is C17H30F3N5. The molecule has 0 fully saturated rings. The normalized spacial score (nSPS) is 13.8. The summed E-state index contributed by atoms with van der Waals surface area (Å²) in [5.41, 5.74) is 3.37. The second-order valence-electron chi connectivity index (χ2n) is 6.36. The molecule has 1 unspecified atom stereocenters. The number of aliphatic imine (C=N–C) groups is 1. The summed E-state index contributed by atoms with van der Waals surface area (Å²) in [6.45, 7) is 9.13. The molecule has 1 aromatic heterocycles. The number of nitrogens with zero attached hydrogens (tertiary/aromatic N) is 3. The Bertz CT molecular complexity index is 563. The van der Waals surface area contributed by atoms with Crippen molar-refractivity contribution in [2.24, 2.45) is 12.0 Å². The molecule has 0 aromatic carbocycles. The molecule has 1 aromatic rings. The highest BCUT2D eigenvalue weighted by atomic mass is 19.4. The molecule has 8 heteroatoms. The van der Waals surface area contributed by atoms with Crippen molar-refractivity contribution in [1.82, 2.24) is 20.4 Å². The number of hydrogen-bond acceptors (Lipinski definition) is 2. The standard InChI is InChI=1S/C17H30F3N5/c1-6-21-16(22-10-8-7-9-17(18,19)20)23-12(2)11-15-13(3)24-25(5)14(15)4/h12H,6-11H2,1-5H3,(H2,21,22,23). The number of guanidine groups is 1. The summed E-state index contributed by atoms with van der Waals surface area (Å²) < 4.78 is 38.3.